The van der Waals surface area contributed by atoms with Crippen LogP contribution in [0.4, 0.5) is 29.3 Å². The number of likely N-dealkylation sites (tertiary alicyclic amines) is 1. The summed E-state index contributed by atoms with van der Waals surface area (Å²) in [6.07, 6.45) is 2.85. The molecule has 1 saturated carbocycles. The van der Waals surface area contributed by atoms with E-state index in [0.29, 0.717) is 18.8 Å². The fourth-order valence-corrected chi connectivity index (χ4v) is 6.69. The third-order valence-electron chi connectivity index (χ3n) is 7.99. The number of halogens is 3. The van der Waals surface area contributed by atoms with Gasteiger partial charge < -0.3 is 9.80 Å². The van der Waals surface area contributed by atoms with Crippen molar-refractivity contribution in [2.75, 3.05) is 49.1 Å². The molecular weight excluding hydrogens is 521 g/mol. The monoisotopic (exact) mass is 554 g/mol. The number of nitrogens with one attached hydrogen (secondary N) is 1. The second-order valence-electron chi connectivity index (χ2n) is 10.8. The zero-order chi connectivity index (χ0) is 27.2. The Hall–Kier alpha value is -2.80. The first-order valence-corrected chi connectivity index (χ1v) is 14.7. The van der Waals surface area contributed by atoms with Crippen LogP contribution in [-0.2, 0) is 22.7 Å². The normalized spacial score (nSPS) is 23.9. The highest BCUT2D eigenvalue weighted by Crippen LogP contribution is 2.41. The van der Waals surface area contributed by atoms with E-state index in [4.69, 9.17) is 0 Å². The first-order chi connectivity index (χ1) is 17.9. The van der Waals surface area contributed by atoms with Gasteiger partial charge in [-0.3, -0.25) is 9.62 Å². The van der Waals surface area contributed by atoms with Crippen molar-refractivity contribution in [1.29, 1.82) is 0 Å². The molecule has 1 N–H and O–H groups in total. The number of amides is 1. The van der Waals surface area contributed by atoms with Crippen molar-refractivity contribution in [3.05, 3.63) is 41.7 Å². The SMILES string of the molecule is CN(Cc1ccc(N2CCCC2)cc1C(F)(F)F)[C@H]1C[C@@H]2CN(C(=O)n3cc(NS(C)(=O)=O)cn3)C[C@@H]2C1. The molecule has 3 aliphatic rings. The van der Waals surface area contributed by atoms with Gasteiger partial charge in [0, 0.05) is 44.5 Å². The quantitative estimate of drug-likeness (QED) is 0.586. The zero-order valence-electron chi connectivity index (χ0n) is 21.5. The molecule has 1 aliphatic carbocycles. The number of rotatable bonds is 6. The number of nitrogens with zero attached hydrogens (tertiary/aromatic N) is 5. The lowest BCUT2D eigenvalue weighted by Gasteiger charge is -2.28. The maximum atomic E-state index is 14.0. The van der Waals surface area contributed by atoms with Crippen molar-refractivity contribution >= 4 is 27.4 Å². The summed E-state index contributed by atoms with van der Waals surface area (Å²) in [6, 6.07) is 4.55. The Morgan fingerprint density at radius 1 is 1.16 bits per heavy atom. The number of sulfonamides is 1. The number of anilines is 2. The Balaban J connectivity index is 1.20. The third-order valence-corrected chi connectivity index (χ3v) is 8.60. The Morgan fingerprint density at radius 2 is 1.82 bits per heavy atom. The molecule has 9 nitrogen and oxygen atoms in total. The number of carbonyl (C=O) groups is 1. The molecule has 0 bridgehead atoms. The molecule has 2 aromatic rings. The van der Waals surface area contributed by atoms with Gasteiger partial charge >= 0.3 is 12.2 Å². The van der Waals surface area contributed by atoms with E-state index in [1.54, 1.807) is 11.0 Å². The molecule has 3 fully saturated rings. The molecule has 5 rings (SSSR count). The summed E-state index contributed by atoms with van der Waals surface area (Å²) in [5.41, 5.74) is 0.577. The van der Waals surface area contributed by atoms with Crippen molar-refractivity contribution in [3.63, 3.8) is 0 Å². The summed E-state index contributed by atoms with van der Waals surface area (Å²) in [7, 11) is -1.59. The van der Waals surface area contributed by atoms with Gasteiger partial charge in [0.15, 0.2) is 0 Å². The number of fused-ring (bicyclic) bond motifs is 1. The van der Waals surface area contributed by atoms with Gasteiger partial charge in [-0.05, 0) is 62.3 Å². The summed E-state index contributed by atoms with van der Waals surface area (Å²) >= 11 is 0. The standard InChI is InChI=1S/C25H33F3N6O3S/c1-31(13-17-5-6-21(32-7-3-4-8-32)11-23(17)25(26,27)28)22-9-18-14-33(15-19(18)10-22)24(35)34-16-20(12-29-34)30-38(2,36)37/h5-6,11-12,16,18-19,22,30H,3-4,7-10,13-15H2,1-2H3/t18-,19+,22+. The Bertz CT molecular complexity index is 1280. The van der Waals surface area contributed by atoms with Gasteiger partial charge in [-0.25, -0.2) is 13.2 Å². The third kappa shape index (κ3) is 5.78. The molecule has 0 unspecified atom stereocenters. The molecule has 1 aromatic carbocycles. The summed E-state index contributed by atoms with van der Waals surface area (Å²) in [4.78, 5) is 18.6. The number of hydrogen-bond acceptors (Lipinski definition) is 6. The molecule has 0 spiro atoms. The van der Waals surface area contributed by atoms with Crippen LogP contribution in [-0.4, -0.2) is 79.6 Å². The molecule has 1 amide bonds. The van der Waals surface area contributed by atoms with E-state index in [2.05, 4.69) is 9.82 Å². The van der Waals surface area contributed by atoms with E-state index >= 15 is 0 Å². The second-order valence-corrected chi connectivity index (χ2v) is 12.6. The average molecular weight is 555 g/mol. The van der Waals surface area contributed by atoms with Crippen molar-refractivity contribution < 1.29 is 26.4 Å². The number of hydrogen-bond donors (Lipinski definition) is 1. The van der Waals surface area contributed by atoms with Crippen LogP contribution in [0.5, 0.6) is 0 Å². The fraction of sp³-hybridized carbons (Fsp3) is 0.600. The molecule has 3 atom stereocenters. The maximum Gasteiger partial charge on any atom is 0.416 e. The van der Waals surface area contributed by atoms with E-state index in [1.165, 1.54) is 18.5 Å². The molecule has 208 valence electrons. The van der Waals surface area contributed by atoms with Crippen molar-refractivity contribution in [2.24, 2.45) is 11.8 Å². The summed E-state index contributed by atoms with van der Waals surface area (Å²) in [5, 5.41) is 3.98. The van der Waals surface area contributed by atoms with Gasteiger partial charge in [0.1, 0.15) is 0 Å². The Morgan fingerprint density at radius 3 is 2.42 bits per heavy atom. The van der Waals surface area contributed by atoms with Gasteiger partial charge in [0.05, 0.1) is 29.9 Å². The van der Waals surface area contributed by atoms with Crippen molar-refractivity contribution in [1.82, 2.24) is 19.6 Å². The maximum absolute atomic E-state index is 14.0. The van der Waals surface area contributed by atoms with Crippen LogP contribution in [0.15, 0.2) is 30.6 Å². The minimum absolute atomic E-state index is 0.136. The zero-order valence-corrected chi connectivity index (χ0v) is 22.3. The molecular formula is C25H33F3N6O3S. The molecule has 0 radical (unpaired) electrons. The minimum atomic E-state index is -4.41. The average Bonchev–Trinajstić information content (AvgIpc) is 3.60. The van der Waals surface area contributed by atoms with E-state index in [0.717, 1.165) is 49.7 Å². The first-order valence-electron chi connectivity index (χ1n) is 12.8. The van der Waals surface area contributed by atoms with Crippen LogP contribution >= 0.6 is 0 Å². The highest BCUT2D eigenvalue weighted by atomic mass is 32.2. The van der Waals surface area contributed by atoms with Crippen molar-refractivity contribution in [2.45, 2.75) is 44.4 Å². The van der Waals surface area contributed by atoms with E-state index in [-0.39, 0.29) is 41.7 Å². The molecule has 3 heterocycles. The number of aromatic nitrogens is 2. The predicted octanol–water partition coefficient (Wildman–Crippen LogP) is 3.68. The van der Waals surface area contributed by atoms with Crippen LogP contribution in [0.3, 0.4) is 0 Å². The minimum Gasteiger partial charge on any atom is -0.372 e. The Kier molecular flexibility index (Phi) is 7.10. The number of alkyl halides is 3. The number of benzene rings is 1. The molecule has 2 aliphatic heterocycles. The fourth-order valence-electron chi connectivity index (χ4n) is 6.16. The highest BCUT2D eigenvalue weighted by molar-refractivity contribution is 7.92. The summed E-state index contributed by atoms with van der Waals surface area (Å²) < 4.78 is 68.1. The predicted molar refractivity (Wildman–Crippen MR) is 137 cm³/mol. The number of carbonyl (C=O) groups excluding carboxylic acids is 1. The van der Waals surface area contributed by atoms with Crippen LogP contribution in [0.25, 0.3) is 0 Å². The lowest BCUT2D eigenvalue weighted by molar-refractivity contribution is -0.138. The molecule has 1 aromatic heterocycles. The summed E-state index contributed by atoms with van der Waals surface area (Å²) in [5.74, 6) is 0.519. The van der Waals surface area contributed by atoms with Crippen molar-refractivity contribution in [3.8, 4) is 0 Å². The lowest BCUT2D eigenvalue weighted by Crippen LogP contribution is -2.36. The lowest BCUT2D eigenvalue weighted by atomic mass is 10.0. The first kappa shape index (κ1) is 26.8. The molecule has 38 heavy (non-hydrogen) atoms. The van der Waals surface area contributed by atoms with Gasteiger partial charge in [0.25, 0.3) is 0 Å². The van der Waals surface area contributed by atoms with E-state index in [1.807, 2.05) is 22.9 Å². The van der Waals surface area contributed by atoms with Gasteiger partial charge in [-0.15, -0.1) is 0 Å². The van der Waals surface area contributed by atoms with Crippen LogP contribution in [0, 0.1) is 11.8 Å². The molecule has 2 saturated heterocycles. The topological polar surface area (TPSA) is 90.8 Å². The highest BCUT2D eigenvalue weighted by Gasteiger charge is 2.44. The van der Waals surface area contributed by atoms with Gasteiger partial charge in [0.2, 0.25) is 10.0 Å². The van der Waals surface area contributed by atoms with Crippen LogP contribution in [0.2, 0.25) is 0 Å². The van der Waals surface area contributed by atoms with Gasteiger partial charge in [-0.2, -0.15) is 23.0 Å². The smallest absolute Gasteiger partial charge is 0.372 e. The molecule has 13 heteroatoms. The van der Waals surface area contributed by atoms with Crippen LogP contribution < -0.4 is 9.62 Å². The summed E-state index contributed by atoms with van der Waals surface area (Å²) in [6.45, 7) is 2.88. The largest absolute Gasteiger partial charge is 0.416 e. The Labute approximate surface area is 220 Å². The van der Waals surface area contributed by atoms with E-state index in [9.17, 15) is 26.4 Å². The second kappa shape index (κ2) is 10.1. The van der Waals surface area contributed by atoms with Crippen LogP contribution in [0.1, 0.15) is 36.8 Å². The van der Waals surface area contributed by atoms with E-state index < -0.39 is 21.8 Å². The van der Waals surface area contributed by atoms with Gasteiger partial charge in [-0.1, -0.05) is 6.07 Å².